The predicted molar refractivity (Wildman–Crippen MR) is 211 cm³/mol. The van der Waals surface area contributed by atoms with Gasteiger partial charge < -0.3 is 14.9 Å². The summed E-state index contributed by atoms with van der Waals surface area (Å²) in [6.45, 7) is 12.1. The minimum atomic E-state index is -4.65. The highest BCUT2D eigenvalue weighted by atomic mass is 19.4. The monoisotopic (exact) mass is 768 g/mol. The molecule has 0 aliphatic carbocycles. The van der Waals surface area contributed by atoms with E-state index in [9.17, 15) is 32.3 Å². The third-order valence-electron chi connectivity index (χ3n) is 10.7. The van der Waals surface area contributed by atoms with E-state index in [0.717, 1.165) is 44.0 Å². The average molecular weight is 769 g/mol. The molecule has 2 heterocycles. The van der Waals surface area contributed by atoms with Crippen molar-refractivity contribution in [3.63, 3.8) is 0 Å². The summed E-state index contributed by atoms with van der Waals surface area (Å²) in [5.41, 5.74) is 0.133. The van der Waals surface area contributed by atoms with Crippen molar-refractivity contribution >= 4 is 72.4 Å². The summed E-state index contributed by atoms with van der Waals surface area (Å²) in [4.78, 5) is 57.2. The second-order valence-corrected chi connectivity index (χ2v) is 14.8. The summed E-state index contributed by atoms with van der Waals surface area (Å²) in [5, 5.41) is 22.0. The van der Waals surface area contributed by atoms with Gasteiger partial charge in [-0.3, -0.25) is 24.1 Å². The zero-order valence-corrected chi connectivity index (χ0v) is 32.1. The van der Waals surface area contributed by atoms with Crippen molar-refractivity contribution in [1.82, 2.24) is 4.90 Å². The van der Waals surface area contributed by atoms with E-state index in [4.69, 9.17) is 10.2 Å². The molecule has 6 aromatic carbocycles. The first-order valence-corrected chi connectivity index (χ1v) is 18.4. The molecule has 0 bridgehead atoms. The fourth-order valence-corrected chi connectivity index (χ4v) is 7.10. The van der Waals surface area contributed by atoms with Crippen LogP contribution in [0.15, 0.2) is 72.8 Å². The molecule has 12 heteroatoms. The van der Waals surface area contributed by atoms with Gasteiger partial charge in [0, 0.05) is 46.2 Å². The number of alkyl halides is 3. The van der Waals surface area contributed by atoms with Crippen LogP contribution in [-0.4, -0.2) is 71.2 Å². The number of aliphatic hydroxyl groups excluding tert-OH is 2. The van der Waals surface area contributed by atoms with Crippen LogP contribution >= 0.6 is 0 Å². The number of rotatable bonds is 6. The number of ether oxygens (including phenoxy) is 1. The molecule has 56 heavy (non-hydrogen) atoms. The summed E-state index contributed by atoms with van der Waals surface area (Å²) in [6, 6.07) is 17.7. The molecule has 2 aliphatic rings. The van der Waals surface area contributed by atoms with Crippen molar-refractivity contribution in [1.29, 1.82) is 0 Å². The van der Waals surface area contributed by atoms with Crippen LogP contribution in [0.1, 0.15) is 88.5 Å². The minimum Gasteiger partial charge on any atom is -0.394 e. The van der Waals surface area contributed by atoms with Crippen LogP contribution in [-0.2, 0) is 10.9 Å². The molecule has 0 fully saturated rings. The lowest BCUT2D eigenvalue weighted by atomic mass is 9.82. The van der Waals surface area contributed by atoms with Gasteiger partial charge in [-0.25, -0.2) is 4.90 Å². The Morgan fingerprint density at radius 3 is 1.36 bits per heavy atom. The first kappa shape index (κ1) is 40.2. The van der Waals surface area contributed by atoms with Gasteiger partial charge >= 0.3 is 6.18 Å². The zero-order chi connectivity index (χ0) is 41.0. The van der Waals surface area contributed by atoms with E-state index in [2.05, 4.69) is 4.74 Å². The molecule has 0 saturated carbocycles. The third kappa shape index (κ3) is 6.65. The molecule has 2 unspecified atom stereocenters. The van der Waals surface area contributed by atoms with E-state index >= 15 is 0 Å². The largest absolute Gasteiger partial charge is 0.416 e. The number of amides is 4. The molecular weight excluding hydrogens is 725 g/mol. The zero-order valence-electron chi connectivity index (χ0n) is 32.1. The molecule has 2 N–H and O–H groups in total. The summed E-state index contributed by atoms with van der Waals surface area (Å²) >= 11 is 0. The summed E-state index contributed by atoms with van der Waals surface area (Å²) in [6.07, 6.45) is -4.80. The summed E-state index contributed by atoms with van der Waals surface area (Å²) < 4.78 is 44.9. The number of imide groups is 2. The summed E-state index contributed by atoms with van der Waals surface area (Å²) in [5.74, 6) is -1.67. The van der Waals surface area contributed by atoms with Gasteiger partial charge in [-0.15, -0.1) is 0 Å². The second-order valence-electron chi connectivity index (χ2n) is 14.8. The smallest absolute Gasteiger partial charge is 0.394 e. The van der Waals surface area contributed by atoms with Crippen LogP contribution in [0, 0.1) is 11.8 Å². The Hall–Kier alpha value is -5.43. The van der Waals surface area contributed by atoms with E-state index in [1.54, 1.807) is 50.4 Å². The van der Waals surface area contributed by atoms with E-state index in [1.807, 2.05) is 46.8 Å². The topological polar surface area (TPSA) is 124 Å². The molecule has 0 saturated heterocycles. The van der Waals surface area contributed by atoms with Gasteiger partial charge in [0.15, 0.2) is 0 Å². The van der Waals surface area contributed by atoms with Crippen molar-refractivity contribution in [2.45, 2.75) is 59.9 Å². The predicted octanol–water partition coefficient (Wildman–Crippen LogP) is 8.85. The Balaban J connectivity index is 0.000000427. The normalized spacial score (nSPS) is 15.2. The molecule has 2 atom stereocenters. The van der Waals surface area contributed by atoms with Gasteiger partial charge in [0.2, 0.25) is 0 Å². The highest BCUT2D eigenvalue weighted by Gasteiger charge is 2.40. The average Bonchev–Trinajstić information content (AvgIpc) is 3.16. The number of anilines is 1. The van der Waals surface area contributed by atoms with E-state index in [0.29, 0.717) is 39.8 Å². The SMILES string of the molecule is CC(C)C(C)N1C(=O)c2ccc3c4ccc5c6c(ccc(c7ccc(c2c37)C1=O)c64)C(=O)N(c1cccc(C(F)(F)F)c1)C5=O.CC(C)C(C)O.COCCO. The molecule has 8 rings (SSSR count). The molecule has 0 radical (unpaired) electrons. The second kappa shape index (κ2) is 15.2. The van der Waals surface area contributed by atoms with Gasteiger partial charge in [-0.05, 0) is 100 Å². The van der Waals surface area contributed by atoms with Gasteiger partial charge in [0.05, 0.1) is 30.6 Å². The maximum absolute atomic E-state index is 13.8. The number of methoxy groups -OCH3 is 1. The fraction of sp³-hybridized carbons (Fsp3) is 0.318. The number of halogens is 3. The van der Waals surface area contributed by atoms with Crippen LogP contribution in [0.4, 0.5) is 18.9 Å². The standard InChI is InChI=1S/C36H23F3N2O4.C5H12O.C3H8O2/c1-16(2)17(3)40-32(42)24-11-7-20-22-9-13-26-31-27(35(45)41(34(26)44)19-6-4-5-18(15-19)36(37,38)39)14-10-23(29(22)31)21-8-12-25(33(40)43)30(24)28(20)21;1-4(2)5(3)6;1-5-3-2-4/h4-17H,1-3H3;4-6H,1-3H3;4H,2-3H2,1H3. The number of hydrogen-bond donors (Lipinski definition) is 2. The third-order valence-corrected chi connectivity index (χ3v) is 10.7. The first-order valence-electron chi connectivity index (χ1n) is 18.4. The molecule has 9 nitrogen and oxygen atoms in total. The molecule has 6 aromatic rings. The maximum Gasteiger partial charge on any atom is 0.416 e. The number of hydrogen-bond acceptors (Lipinski definition) is 7. The Labute approximate surface area is 321 Å². The Bertz CT molecular complexity index is 2400. The number of benzene rings is 6. The Morgan fingerprint density at radius 1 is 0.625 bits per heavy atom. The van der Waals surface area contributed by atoms with Gasteiger partial charge in [-0.2, -0.15) is 13.2 Å². The quantitative estimate of drug-likeness (QED) is 0.0986. The summed E-state index contributed by atoms with van der Waals surface area (Å²) in [7, 11) is 1.55. The lowest BCUT2D eigenvalue weighted by Crippen LogP contribution is -2.47. The van der Waals surface area contributed by atoms with Crippen molar-refractivity contribution < 1.29 is 47.3 Å². The van der Waals surface area contributed by atoms with Crippen LogP contribution in [0.3, 0.4) is 0 Å². The Morgan fingerprint density at radius 2 is 1.04 bits per heavy atom. The highest BCUT2D eigenvalue weighted by Crippen LogP contribution is 2.47. The van der Waals surface area contributed by atoms with Crippen LogP contribution in [0.25, 0.3) is 43.1 Å². The lowest BCUT2D eigenvalue weighted by Gasteiger charge is -2.34. The number of nitrogens with zero attached hydrogens (tertiary/aromatic N) is 2. The van der Waals surface area contributed by atoms with Crippen molar-refractivity contribution in [3.8, 4) is 0 Å². The first-order chi connectivity index (χ1) is 26.5. The Kier molecular flexibility index (Phi) is 11.0. The number of fused-ring (bicyclic) bond motifs is 2. The van der Waals surface area contributed by atoms with Crippen molar-refractivity contribution in [3.05, 3.63) is 101 Å². The van der Waals surface area contributed by atoms with Crippen molar-refractivity contribution in [2.75, 3.05) is 25.2 Å². The molecule has 4 amide bonds. The van der Waals surface area contributed by atoms with Crippen LogP contribution in [0.5, 0.6) is 0 Å². The minimum absolute atomic E-state index is 0.0636. The van der Waals surface area contributed by atoms with E-state index in [-0.39, 0.29) is 53.3 Å². The van der Waals surface area contributed by atoms with E-state index < -0.39 is 23.6 Å². The van der Waals surface area contributed by atoms with Gasteiger partial charge in [0.25, 0.3) is 23.6 Å². The molecule has 292 valence electrons. The van der Waals surface area contributed by atoms with Crippen molar-refractivity contribution in [2.24, 2.45) is 11.8 Å². The van der Waals surface area contributed by atoms with Crippen LogP contribution < -0.4 is 4.90 Å². The van der Waals surface area contributed by atoms with Crippen LogP contribution in [0.2, 0.25) is 0 Å². The fourth-order valence-electron chi connectivity index (χ4n) is 7.10. The highest BCUT2D eigenvalue weighted by molar-refractivity contribution is 6.43. The van der Waals surface area contributed by atoms with Gasteiger partial charge in [-0.1, -0.05) is 58.0 Å². The molecule has 0 aromatic heterocycles. The number of carbonyl (C=O) groups is 4. The molecule has 2 aliphatic heterocycles. The maximum atomic E-state index is 13.8. The number of carbonyl (C=O) groups excluding carboxylic acids is 4. The van der Waals surface area contributed by atoms with Gasteiger partial charge in [0.1, 0.15) is 0 Å². The lowest BCUT2D eigenvalue weighted by molar-refractivity contribution is -0.137. The molecular formula is C44H43F3N2O7. The number of aliphatic hydroxyl groups is 2. The molecule has 0 spiro atoms. The van der Waals surface area contributed by atoms with E-state index in [1.165, 1.54) is 17.0 Å².